The molecule has 18 rings (SSSR count). The van der Waals surface area contributed by atoms with E-state index < -0.39 is 10.8 Å². The number of benzene rings is 12. The summed E-state index contributed by atoms with van der Waals surface area (Å²) in [7, 11) is 0. The fourth-order valence-electron chi connectivity index (χ4n) is 16.2. The second-order valence-corrected chi connectivity index (χ2v) is 23.0. The molecule has 2 aromatic heterocycles. The first-order valence-corrected chi connectivity index (χ1v) is 29.2. The maximum Gasteiger partial charge on any atom is 0.0755 e. The average Bonchev–Trinajstić information content (AvgIpc) is 1.98. The highest BCUT2D eigenvalue weighted by atomic mass is 15.2. The number of hydrogen-bond acceptors (Lipinski definition) is 1. The molecule has 3 heteroatoms. The Bertz CT molecular complexity index is 4950. The summed E-state index contributed by atoms with van der Waals surface area (Å²) in [5.41, 5.74) is 25.0. The normalized spacial score (nSPS) is 17.4. The Morgan fingerprint density at radius 2 is 0.855 bits per heavy atom. The summed E-state index contributed by atoms with van der Waals surface area (Å²) >= 11 is 0. The minimum Gasteiger partial charge on any atom is -0.310 e. The van der Waals surface area contributed by atoms with Crippen LogP contribution in [0.5, 0.6) is 0 Å². The molecule has 0 saturated carbocycles. The van der Waals surface area contributed by atoms with Crippen LogP contribution in [0, 0.1) is 5.92 Å². The Morgan fingerprint density at radius 3 is 1.55 bits per heavy atom. The zero-order chi connectivity index (χ0) is 54.4. The van der Waals surface area contributed by atoms with E-state index in [-0.39, 0.29) is 11.8 Å². The highest BCUT2D eigenvalue weighted by Gasteiger charge is 2.55. The van der Waals surface area contributed by atoms with E-state index in [1.165, 1.54) is 122 Å². The first-order valence-electron chi connectivity index (χ1n) is 29.2. The first-order chi connectivity index (χ1) is 41.2. The van der Waals surface area contributed by atoms with Gasteiger partial charge >= 0.3 is 0 Å². The lowest BCUT2D eigenvalue weighted by atomic mass is 9.63. The third kappa shape index (κ3) is 6.13. The molecule has 1 spiro atoms. The van der Waals surface area contributed by atoms with Crippen molar-refractivity contribution in [2.75, 3.05) is 4.90 Å². The van der Waals surface area contributed by atoms with Crippen LogP contribution in [0.3, 0.4) is 0 Å². The topological polar surface area (TPSA) is 13.1 Å². The average molecular weight is 1060 g/mol. The molecule has 0 fully saturated rings. The monoisotopic (exact) mass is 1060 g/mol. The number of fused-ring (bicyclic) bond motifs is 18. The van der Waals surface area contributed by atoms with E-state index in [0.29, 0.717) is 0 Å². The van der Waals surface area contributed by atoms with Gasteiger partial charge in [-0.05, 0) is 122 Å². The van der Waals surface area contributed by atoms with Gasteiger partial charge in [-0.25, -0.2) is 0 Å². The zero-order valence-corrected chi connectivity index (χ0v) is 45.4. The van der Waals surface area contributed by atoms with E-state index in [0.717, 1.165) is 17.1 Å². The SMILES string of the molecule is C1=CC2c3c(N(c4ccc(-c5ccc(-n6c7ccccc7c7ccccc76)cc5)cc4)c4cccc5c4-c4ccccc4C54c5ccccc5-n5c6ccccc6c6cccc4c65)cccc3C(c3ccccc3)(c3ccccc3)C2C=C1. The summed E-state index contributed by atoms with van der Waals surface area (Å²) in [6, 6.07) is 107. The maximum atomic E-state index is 2.63. The van der Waals surface area contributed by atoms with Crippen molar-refractivity contribution in [1.29, 1.82) is 0 Å². The van der Waals surface area contributed by atoms with Crippen LogP contribution in [-0.2, 0) is 10.8 Å². The van der Waals surface area contributed by atoms with E-state index in [1.807, 2.05) is 0 Å². The Labute approximate surface area is 482 Å². The van der Waals surface area contributed by atoms with Crippen LogP contribution in [0.2, 0.25) is 0 Å². The molecule has 0 N–H and O–H groups in total. The smallest absolute Gasteiger partial charge is 0.0755 e. The van der Waals surface area contributed by atoms with Crippen molar-refractivity contribution >= 4 is 60.7 Å². The lowest BCUT2D eigenvalue weighted by Crippen LogP contribution is -2.34. The first kappa shape index (κ1) is 46.3. The predicted molar refractivity (Wildman–Crippen MR) is 343 cm³/mol. The van der Waals surface area contributed by atoms with Crippen LogP contribution in [0.15, 0.2) is 309 Å². The number of hydrogen-bond donors (Lipinski definition) is 0. The predicted octanol–water partition coefficient (Wildman–Crippen LogP) is 19.9. The summed E-state index contributed by atoms with van der Waals surface area (Å²) < 4.78 is 4.94. The molecule has 3 nitrogen and oxygen atoms in total. The number of para-hydroxylation sites is 5. The Balaban J connectivity index is 0.880. The second-order valence-electron chi connectivity index (χ2n) is 23.0. The van der Waals surface area contributed by atoms with Gasteiger partial charge in [0.15, 0.2) is 0 Å². The molecule has 0 radical (unpaired) electrons. The van der Waals surface area contributed by atoms with Gasteiger partial charge in [-0.2, -0.15) is 0 Å². The fourth-order valence-corrected chi connectivity index (χ4v) is 16.2. The van der Waals surface area contributed by atoms with Gasteiger partial charge in [0.05, 0.1) is 50.0 Å². The minimum absolute atomic E-state index is 0.0848. The standard InChI is InChI=1S/C80H53N3/c1-3-22-54(23-4-1)79(55-24-5-2-6-25-55)64-32-12-7-29-62(64)76-67(79)35-20-42-74(76)82(57-50-46-53(47-51-57)52-44-48-56(49-45-52)81-70-38-15-9-26-58(70)59-27-10-16-39-71(59)81)75-43-21-36-68-77(75)63-30-8-13-33-65(63)80(68)66-34-14-18-41-73(66)83-72-40-17-11-28-60(72)61-31-19-37-69(80)78(61)83/h1-51,62,64H. The van der Waals surface area contributed by atoms with Crippen molar-refractivity contribution in [3.05, 3.63) is 354 Å². The number of rotatable bonds is 7. The molecule has 0 saturated heterocycles. The molecule has 83 heavy (non-hydrogen) atoms. The summed E-state index contributed by atoms with van der Waals surface area (Å²) in [6.45, 7) is 0. The fraction of sp³-hybridized carbons (Fsp3) is 0.0500. The quantitative estimate of drug-likeness (QED) is 0.155. The van der Waals surface area contributed by atoms with E-state index in [9.17, 15) is 0 Å². The summed E-state index contributed by atoms with van der Waals surface area (Å²) in [5, 5.41) is 5.08. The molecule has 3 aliphatic carbocycles. The molecule has 1 aliphatic heterocycles. The van der Waals surface area contributed by atoms with Crippen molar-refractivity contribution in [2.45, 2.75) is 16.7 Å². The van der Waals surface area contributed by atoms with E-state index in [2.05, 4.69) is 323 Å². The van der Waals surface area contributed by atoms with Crippen molar-refractivity contribution in [1.82, 2.24) is 9.13 Å². The highest BCUT2D eigenvalue weighted by molar-refractivity contribution is 6.13. The number of aromatic nitrogens is 2. The van der Waals surface area contributed by atoms with Gasteiger partial charge in [0.25, 0.3) is 0 Å². The maximum absolute atomic E-state index is 2.63. The van der Waals surface area contributed by atoms with Crippen LogP contribution in [0.4, 0.5) is 17.1 Å². The third-order valence-corrected chi connectivity index (χ3v) is 19.3. The minimum atomic E-state index is -0.611. The van der Waals surface area contributed by atoms with Gasteiger partial charge in [-0.3, -0.25) is 0 Å². The lowest BCUT2D eigenvalue weighted by molar-refractivity contribution is 0.457. The molecular weight excluding hydrogens is 1000 g/mol. The summed E-state index contributed by atoms with van der Waals surface area (Å²) in [4.78, 5) is 2.63. The van der Waals surface area contributed by atoms with Crippen LogP contribution >= 0.6 is 0 Å². The van der Waals surface area contributed by atoms with E-state index >= 15 is 0 Å². The van der Waals surface area contributed by atoms with Gasteiger partial charge in [0.1, 0.15) is 0 Å². The summed E-state index contributed by atoms with van der Waals surface area (Å²) in [6.07, 6.45) is 9.52. The molecular formula is C80H53N3. The molecule has 3 heterocycles. The van der Waals surface area contributed by atoms with E-state index in [1.54, 1.807) is 0 Å². The van der Waals surface area contributed by atoms with Crippen LogP contribution in [0.25, 0.3) is 77.2 Å². The van der Waals surface area contributed by atoms with Gasteiger partial charge in [-0.15, -0.1) is 0 Å². The number of anilines is 3. The molecule has 4 aliphatic rings. The highest BCUT2D eigenvalue weighted by Crippen LogP contribution is 2.66. The molecule has 12 aromatic carbocycles. The van der Waals surface area contributed by atoms with Gasteiger partial charge in [-0.1, -0.05) is 249 Å². The van der Waals surface area contributed by atoms with E-state index in [4.69, 9.17) is 0 Å². The van der Waals surface area contributed by atoms with Crippen molar-refractivity contribution in [3.8, 4) is 33.6 Å². The largest absolute Gasteiger partial charge is 0.310 e. The van der Waals surface area contributed by atoms with Gasteiger partial charge < -0.3 is 14.0 Å². The molecule has 0 amide bonds. The molecule has 3 atom stereocenters. The van der Waals surface area contributed by atoms with Crippen molar-refractivity contribution < 1.29 is 0 Å². The molecule has 388 valence electrons. The Morgan fingerprint density at radius 1 is 0.349 bits per heavy atom. The lowest BCUT2D eigenvalue weighted by Gasteiger charge is -2.39. The zero-order valence-electron chi connectivity index (χ0n) is 45.4. The Kier molecular flexibility index (Phi) is 9.77. The van der Waals surface area contributed by atoms with Gasteiger partial charge in [0.2, 0.25) is 0 Å². The van der Waals surface area contributed by atoms with Gasteiger partial charge in [0, 0.05) is 50.3 Å². The second kappa shape index (κ2) is 17.5. The van der Waals surface area contributed by atoms with Crippen LogP contribution in [0.1, 0.15) is 50.4 Å². The Hall–Kier alpha value is -10.5. The summed E-state index contributed by atoms with van der Waals surface area (Å²) in [5.74, 6) is 0.209. The van der Waals surface area contributed by atoms with Crippen LogP contribution in [-0.4, -0.2) is 9.13 Å². The number of nitrogens with zero attached hydrogens (tertiary/aromatic N) is 3. The van der Waals surface area contributed by atoms with Crippen molar-refractivity contribution in [3.63, 3.8) is 0 Å². The van der Waals surface area contributed by atoms with Crippen molar-refractivity contribution in [2.24, 2.45) is 5.92 Å². The molecule has 3 unspecified atom stereocenters. The third-order valence-electron chi connectivity index (χ3n) is 19.3. The number of allylic oxidation sites excluding steroid dienone is 4. The molecule has 14 aromatic rings. The molecule has 0 bridgehead atoms. The van der Waals surface area contributed by atoms with Crippen LogP contribution < -0.4 is 4.90 Å².